The van der Waals surface area contributed by atoms with Gasteiger partial charge in [0.15, 0.2) is 0 Å². The number of aliphatic carboxylic acids is 1. The number of rotatable bonds is 7. The first-order valence-electron chi connectivity index (χ1n) is 6.92. The van der Waals surface area contributed by atoms with E-state index in [1.54, 1.807) is 13.8 Å². The van der Waals surface area contributed by atoms with Gasteiger partial charge in [0, 0.05) is 6.54 Å². The molecule has 0 atom stereocenters. The van der Waals surface area contributed by atoms with Gasteiger partial charge in [0.2, 0.25) is 0 Å². The van der Waals surface area contributed by atoms with E-state index in [4.69, 9.17) is 5.11 Å². The van der Waals surface area contributed by atoms with Gasteiger partial charge in [-0.25, -0.2) is 0 Å². The normalized spacial score (nSPS) is 11.8. The Morgan fingerprint density at radius 3 is 2.00 bits per heavy atom. The Morgan fingerprint density at radius 2 is 1.58 bits per heavy atom. The van der Waals surface area contributed by atoms with Crippen molar-refractivity contribution in [2.45, 2.75) is 40.7 Å². The third-order valence-electron chi connectivity index (χ3n) is 3.55. The maximum atomic E-state index is 11.1. The SMILES string of the molecule is CCN(CC)Cc1ccc(CC(C)(C)C(=O)O)cc1. The van der Waals surface area contributed by atoms with Crippen molar-refractivity contribution in [1.82, 2.24) is 4.90 Å². The fourth-order valence-corrected chi connectivity index (χ4v) is 2.05. The fraction of sp³-hybridized carbons (Fsp3) is 0.562. The van der Waals surface area contributed by atoms with Crippen molar-refractivity contribution in [3.63, 3.8) is 0 Å². The zero-order valence-corrected chi connectivity index (χ0v) is 12.4. The van der Waals surface area contributed by atoms with Gasteiger partial charge in [0.05, 0.1) is 5.41 Å². The lowest BCUT2D eigenvalue weighted by atomic mass is 9.86. The third-order valence-corrected chi connectivity index (χ3v) is 3.55. The molecule has 0 unspecified atom stereocenters. The molecule has 0 aliphatic carbocycles. The highest BCUT2D eigenvalue weighted by Crippen LogP contribution is 2.22. The summed E-state index contributed by atoms with van der Waals surface area (Å²) in [5.74, 6) is -0.750. The Bertz CT molecular complexity index is 405. The molecular formula is C16H25NO2. The highest BCUT2D eigenvalue weighted by Gasteiger charge is 2.27. The number of hydrogen-bond donors (Lipinski definition) is 1. The standard InChI is InChI=1S/C16H25NO2/c1-5-17(6-2)12-14-9-7-13(8-10-14)11-16(3,4)15(18)19/h7-10H,5-6,11-12H2,1-4H3,(H,18,19). The van der Waals surface area contributed by atoms with Crippen LogP contribution in [0.4, 0.5) is 0 Å². The van der Waals surface area contributed by atoms with Gasteiger partial charge in [-0.3, -0.25) is 9.69 Å². The molecule has 1 aromatic carbocycles. The highest BCUT2D eigenvalue weighted by molar-refractivity contribution is 5.74. The quantitative estimate of drug-likeness (QED) is 0.821. The summed E-state index contributed by atoms with van der Waals surface area (Å²) < 4.78 is 0. The molecule has 0 saturated carbocycles. The molecule has 19 heavy (non-hydrogen) atoms. The molecule has 0 aromatic heterocycles. The zero-order valence-electron chi connectivity index (χ0n) is 12.4. The lowest BCUT2D eigenvalue weighted by Crippen LogP contribution is -2.26. The van der Waals surface area contributed by atoms with Crippen LogP contribution in [0.3, 0.4) is 0 Å². The smallest absolute Gasteiger partial charge is 0.309 e. The van der Waals surface area contributed by atoms with E-state index in [2.05, 4.69) is 30.9 Å². The van der Waals surface area contributed by atoms with Crippen LogP contribution < -0.4 is 0 Å². The third kappa shape index (κ3) is 4.67. The maximum Gasteiger partial charge on any atom is 0.309 e. The van der Waals surface area contributed by atoms with E-state index in [0.29, 0.717) is 6.42 Å². The van der Waals surface area contributed by atoms with Crippen molar-refractivity contribution in [2.24, 2.45) is 5.41 Å². The molecular weight excluding hydrogens is 238 g/mol. The van der Waals surface area contributed by atoms with E-state index in [-0.39, 0.29) is 0 Å². The molecule has 0 heterocycles. The van der Waals surface area contributed by atoms with Crippen molar-refractivity contribution in [1.29, 1.82) is 0 Å². The van der Waals surface area contributed by atoms with Gasteiger partial charge in [-0.05, 0) is 44.5 Å². The average Bonchev–Trinajstić information content (AvgIpc) is 2.37. The van der Waals surface area contributed by atoms with Crippen molar-refractivity contribution in [2.75, 3.05) is 13.1 Å². The lowest BCUT2D eigenvalue weighted by Gasteiger charge is -2.20. The number of carboxylic acids is 1. The van der Waals surface area contributed by atoms with Crippen LogP contribution in [0, 0.1) is 5.41 Å². The summed E-state index contributed by atoms with van der Waals surface area (Å²) in [7, 11) is 0. The van der Waals surface area contributed by atoms with Crippen molar-refractivity contribution < 1.29 is 9.90 Å². The summed E-state index contributed by atoms with van der Waals surface area (Å²) in [4.78, 5) is 13.5. The summed E-state index contributed by atoms with van der Waals surface area (Å²) >= 11 is 0. The fourth-order valence-electron chi connectivity index (χ4n) is 2.05. The van der Waals surface area contributed by atoms with Gasteiger partial charge >= 0.3 is 5.97 Å². The molecule has 0 fully saturated rings. The number of benzene rings is 1. The van der Waals surface area contributed by atoms with Crippen LogP contribution in [0.1, 0.15) is 38.8 Å². The van der Waals surface area contributed by atoms with Crippen LogP contribution >= 0.6 is 0 Å². The molecule has 0 spiro atoms. The molecule has 0 bridgehead atoms. The monoisotopic (exact) mass is 263 g/mol. The second-order valence-electron chi connectivity index (χ2n) is 5.64. The van der Waals surface area contributed by atoms with Crippen molar-refractivity contribution in [3.05, 3.63) is 35.4 Å². The minimum absolute atomic E-state index is 0.563. The Hall–Kier alpha value is -1.35. The van der Waals surface area contributed by atoms with E-state index in [1.165, 1.54) is 5.56 Å². The van der Waals surface area contributed by atoms with Crippen LogP contribution in [0.5, 0.6) is 0 Å². The van der Waals surface area contributed by atoms with Crippen LogP contribution in [-0.2, 0) is 17.8 Å². The van der Waals surface area contributed by atoms with Crippen LogP contribution in [0.25, 0.3) is 0 Å². The Balaban J connectivity index is 2.69. The Kier molecular flexibility index (Phi) is 5.55. The molecule has 0 amide bonds. The molecule has 0 radical (unpaired) electrons. The highest BCUT2D eigenvalue weighted by atomic mass is 16.4. The molecule has 0 aliphatic rings. The largest absolute Gasteiger partial charge is 0.481 e. The van der Waals surface area contributed by atoms with Gasteiger partial charge in [-0.2, -0.15) is 0 Å². The number of hydrogen-bond acceptors (Lipinski definition) is 2. The number of carbonyl (C=O) groups is 1. The van der Waals surface area contributed by atoms with Crippen LogP contribution in [0.2, 0.25) is 0 Å². The maximum absolute atomic E-state index is 11.1. The summed E-state index contributed by atoms with van der Waals surface area (Å²) in [5, 5.41) is 9.13. The van der Waals surface area contributed by atoms with E-state index in [9.17, 15) is 4.79 Å². The molecule has 3 heteroatoms. The number of carboxylic acid groups (broad SMARTS) is 1. The van der Waals surface area contributed by atoms with E-state index in [1.807, 2.05) is 12.1 Å². The second kappa shape index (κ2) is 6.71. The summed E-state index contributed by atoms with van der Waals surface area (Å²) in [6.07, 6.45) is 0.563. The lowest BCUT2D eigenvalue weighted by molar-refractivity contribution is -0.146. The summed E-state index contributed by atoms with van der Waals surface area (Å²) in [5.41, 5.74) is 1.65. The topological polar surface area (TPSA) is 40.5 Å². The second-order valence-corrected chi connectivity index (χ2v) is 5.64. The molecule has 1 aromatic rings. The molecule has 1 rings (SSSR count). The van der Waals surface area contributed by atoms with E-state index >= 15 is 0 Å². The Morgan fingerprint density at radius 1 is 1.11 bits per heavy atom. The first-order valence-corrected chi connectivity index (χ1v) is 6.92. The molecule has 1 N–H and O–H groups in total. The molecule has 3 nitrogen and oxygen atoms in total. The van der Waals surface area contributed by atoms with Crippen molar-refractivity contribution in [3.8, 4) is 0 Å². The van der Waals surface area contributed by atoms with Gasteiger partial charge in [0.1, 0.15) is 0 Å². The van der Waals surface area contributed by atoms with Crippen LogP contribution in [0.15, 0.2) is 24.3 Å². The van der Waals surface area contributed by atoms with Gasteiger partial charge < -0.3 is 5.11 Å². The first kappa shape index (κ1) is 15.7. The van der Waals surface area contributed by atoms with E-state index in [0.717, 1.165) is 25.2 Å². The predicted octanol–water partition coefficient (Wildman–Crippen LogP) is 3.18. The van der Waals surface area contributed by atoms with Crippen molar-refractivity contribution >= 4 is 5.97 Å². The predicted molar refractivity (Wildman–Crippen MR) is 78.2 cm³/mol. The summed E-state index contributed by atoms with van der Waals surface area (Å²) in [6.45, 7) is 10.9. The minimum Gasteiger partial charge on any atom is -0.481 e. The average molecular weight is 263 g/mol. The first-order chi connectivity index (χ1) is 8.89. The molecule has 106 valence electrons. The molecule has 0 saturated heterocycles. The zero-order chi connectivity index (χ0) is 14.5. The van der Waals surface area contributed by atoms with E-state index < -0.39 is 11.4 Å². The Labute approximate surface area is 116 Å². The van der Waals surface area contributed by atoms with Gasteiger partial charge in [0.25, 0.3) is 0 Å². The minimum atomic E-state index is -0.750. The summed E-state index contributed by atoms with van der Waals surface area (Å²) in [6, 6.07) is 8.30. The van der Waals surface area contributed by atoms with Gasteiger partial charge in [-0.15, -0.1) is 0 Å². The molecule has 0 aliphatic heterocycles. The van der Waals surface area contributed by atoms with Crippen LogP contribution in [-0.4, -0.2) is 29.1 Å². The van der Waals surface area contributed by atoms with Gasteiger partial charge in [-0.1, -0.05) is 38.1 Å². The number of nitrogens with zero attached hydrogens (tertiary/aromatic N) is 1.